The Hall–Kier alpha value is -4.18. The predicted octanol–water partition coefficient (Wildman–Crippen LogP) is 1.08. The van der Waals surface area contributed by atoms with Gasteiger partial charge in [-0.1, -0.05) is 6.07 Å². The lowest BCUT2D eigenvalue weighted by atomic mass is 10.1. The number of hydrogen-bond acceptors (Lipinski definition) is 7. The second-order valence-corrected chi connectivity index (χ2v) is 6.38. The molecule has 0 spiro atoms. The van der Waals surface area contributed by atoms with Crippen LogP contribution in [0.3, 0.4) is 0 Å². The fourth-order valence-corrected chi connectivity index (χ4v) is 2.91. The van der Waals surface area contributed by atoms with Crippen molar-refractivity contribution in [1.29, 1.82) is 0 Å². The summed E-state index contributed by atoms with van der Waals surface area (Å²) in [6.07, 6.45) is 8.30. The molecule has 4 rings (SSSR count). The number of amides is 2. The largest absolute Gasteiger partial charge is 0.368 e. The lowest BCUT2D eigenvalue weighted by molar-refractivity contribution is -0.124. The zero-order chi connectivity index (χ0) is 20.9. The van der Waals surface area contributed by atoms with Crippen LogP contribution in [0.4, 0.5) is 0 Å². The fourth-order valence-electron chi connectivity index (χ4n) is 2.91. The predicted molar refractivity (Wildman–Crippen MR) is 107 cm³/mol. The van der Waals surface area contributed by atoms with E-state index < -0.39 is 18.4 Å². The molecule has 0 aliphatic heterocycles. The molecule has 0 aromatic carbocycles. The minimum Gasteiger partial charge on any atom is -0.368 e. The van der Waals surface area contributed by atoms with Gasteiger partial charge in [0.15, 0.2) is 12.3 Å². The summed E-state index contributed by atoms with van der Waals surface area (Å²) in [6.45, 7) is -0.00420. The Labute approximate surface area is 170 Å². The van der Waals surface area contributed by atoms with E-state index in [-0.39, 0.29) is 0 Å². The molecule has 0 saturated carbocycles. The number of nitrogens with one attached hydrogen (secondary N) is 1. The quantitative estimate of drug-likeness (QED) is 0.440. The average molecular weight is 403 g/mol. The van der Waals surface area contributed by atoms with Gasteiger partial charge in [0.05, 0.1) is 29.4 Å². The van der Waals surface area contributed by atoms with Crippen LogP contribution in [0.15, 0.2) is 61.3 Å². The van der Waals surface area contributed by atoms with Crippen LogP contribution in [-0.2, 0) is 16.2 Å². The SMILES string of the molecule is NC(=O)CONC(=O)c1cc(-c2cccnc2)nc2c1cnn2Cc1cccnc1. The number of rotatable bonds is 7. The maximum absolute atomic E-state index is 12.7. The van der Waals surface area contributed by atoms with E-state index in [9.17, 15) is 9.59 Å². The Morgan fingerprint density at radius 2 is 1.90 bits per heavy atom. The Bertz CT molecular complexity index is 1190. The zero-order valence-corrected chi connectivity index (χ0v) is 15.7. The van der Waals surface area contributed by atoms with Gasteiger partial charge in [-0.3, -0.25) is 24.4 Å². The molecule has 4 aromatic rings. The molecule has 0 aliphatic carbocycles. The highest BCUT2D eigenvalue weighted by Gasteiger charge is 2.18. The summed E-state index contributed by atoms with van der Waals surface area (Å²) >= 11 is 0. The summed E-state index contributed by atoms with van der Waals surface area (Å²) < 4.78 is 1.69. The van der Waals surface area contributed by atoms with E-state index in [1.807, 2.05) is 18.2 Å². The molecule has 2 amide bonds. The van der Waals surface area contributed by atoms with E-state index in [4.69, 9.17) is 15.6 Å². The number of carbonyl (C=O) groups is 2. The molecular formula is C20H17N7O3. The molecule has 0 atom stereocenters. The van der Waals surface area contributed by atoms with Gasteiger partial charge in [0.1, 0.15) is 0 Å². The van der Waals surface area contributed by atoms with Gasteiger partial charge in [0.25, 0.3) is 5.91 Å². The molecular weight excluding hydrogens is 386 g/mol. The van der Waals surface area contributed by atoms with Crippen molar-refractivity contribution in [2.24, 2.45) is 5.73 Å². The summed E-state index contributed by atoms with van der Waals surface area (Å²) in [5, 5.41) is 4.93. The zero-order valence-electron chi connectivity index (χ0n) is 15.7. The molecule has 10 heteroatoms. The molecule has 4 heterocycles. The highest BCUT2D eigenvalue weighted by Crippen LogP contribution is 2.25. The highest BCUT2D eigenvalue weighted by molar-refractivity contribution is 6.06. The van der Waals surface area contributed by atoms with E-state index in [2.05, 4.69) is 20.5 Å². The maximum Gasteiger partial charge on any atom is 0.275 e. The maximum atomic E-state index is 12.7. The molecule has 150 valence electrons. The summed E-state index contributed by atoms with van der Waals surface area (Å²) in [6, 6.07) is 9.01. The average Bonchev–Trinajstić information content (AvgIpc) is 3.16. The number of hydrogen-bond donors (Lipinski definition) is 2. The van der Waals surface area contributed by atoms with E-state index in [1.54, 1.807) is 47.8 Å². The first kappa shape index (κ1) is 19.2. The van der Waals surface area contributed by atoms with Crippen molar-refractivity contribution in [2.75, 3.05) is 6.61 Å². The van der Waals surface area contributed by atoms with Gasteiger partial charge < -0.3 is 5.73 Å². The smallest absolute Gasteiger partial charge is 0.275 e. The van der Waals surface area contributed by atoms with Gasteiger partial charge in [0.2, 0.25) is 5.91 Å². The van der Waals surface area contributed by atoms with E-state index in [1.165, 1.54) is 0 Å². The number of nitrogens with zero attached hydrogens (tertiary/aromatic N) is 5. The van der Waals surface area contributed by atoms with Gasteiger partial charge in [0, 0.05) is 30.4 Å². The molecule has 0 radical (unpaired) electrons. The van der Waals surface area contributed by atoms with Crippen molar-refractivity contribution < 1.29 is 14.4 Å². The van der Waals surface area contributed by atoms with Crippen LogP contribution in [0.5, 0.6) is 0 Å². The highest BCUT2D eigenvalue weighted by atomic mass is 16.7. The molecule has 0 fully saturated rings. The Kier molecular flexibility index (Phi) is 5.39. The molecule has 0 unspecified atom stereocenters. The monoisotopic (exact) mass is 403 g/mol. The Morgan fingerprint density at radius 3 is 2.60 bits per heavy atom. The summed E-state index contributed by atoms with van der Waals surface area (Å²) in [5.41, 5.74) is 10.3. The first-order chi connectivity index (χ1) is 14.6. The standard InChI is InChI=1S/C20H17N7O3/c21-18(28)12-30-26-20(29)15-7-17(14-4-2-6-23-9-14)25-19-16(15)10-24-27(19)11-13-3-1-5-22-8-13/h1-10H,11-12H2,(H2,21,28)(H,26,29). The van der Waals surface area contributed by atoms with Gasteiger partial charge >= 0.3 is 0 Å². The van der Waals surface area contributed by atoms with Crippen molar-refractivity contribution >= 4 is 22.8 Å². The van der Waals surface area contributed by atoms with Gasteiger partial charge in [-0.25, -0.2) is 15.1 Å². The normalized spacial score (nSPS) is 10.8. The van der Waals surface area contributed by atoms with Crippen molar-refractivity contribution in [3.63, 3.8) is 0 Å². The summed E-state index contributed by atoms with van der Waals surface area (Å²) in [5.74, 6) is -1.25. The number of nitrogens with two attached hydrogens (primary N) is 1. The van der Waals surface area contributed by atoms with Crippen molar-refractivity contribution in [3.05, 3.63) is 72.4 Å². The first-order valence-electron chi connectivity index (χ1n) is 8.98. The third-order valence-corrected chi connectivity index (χ3v) is 4.25. The van der Waals surface area contributed by atoms with Crippen molar-refractivity contribution in [2.45, 2.75) is 6.54 Å². The van der Waals surface area contributed by atoms with Crippen molar-refractivity contribution in [3.8, 4) is 11.3 Å². The molecule has 30 heavy (non-hydrogen) atoms. The minimum absolute atomic E-state index is 0.292. The van der Waals surface area contributed by atoms with Gasteiger partial charge in [-0.05, 0) is 29.8 Å². The van der Waals surface area contributed by atoms with Crippen LogP contribution in [0.1, 0.15) is 15.9 Å². The third-order valence-electron chi connectivity index (χ3n) is 4.25. The fraction of sp³-hybridized carbons (Fsp3) is 0.100. The number of primary amides is 1. The topological polar surface area (TPSA) is 138 Å². The molecule has 3 N–H and O–H groups in total. The number of carbonyl (C=O) groups excluding carboxylic acids is 2. The van der Waals surface area contributed by atoms with Crippen LogP contribution >= 0.6 is 0 Å². The van der Waals surface area contributed by atoms with Gasteiger partial charge in [-0.15, -0.1) is 0 Å². The van der Waals surface area contributed by atoms with Crippen LogP contribution in [0.25, 0.3) is 22.3 Å². The summed E-state index contributed by atoms with van der Waals surface area (Å²) in [4.78, 5) is 41.4. The van der Waals surface area contributed by atoms with Crippen LogP contribution < -0.4 is 11.2 Å². The number of hydroxylamine groups is 1. The first-order valence-corrected chi connectivity index (χ1v) is 8.98. The van der Waals surface area contributed by atoms with E-state index in [0.29, 0.717) is 28.8 Å². The van der Waals surface area contributed by atoms with Crippen molar-refractivity contribution in [1.82, 2.24) is 30.2 Å². The summed E-state index contributed by atoms with van der Waals surface area (Å²) in [7, 11) is 0. The van der Waals surface area contributed by atoms with Gasteiger partial charge in [-0.2, -0.15) is 5.10 Å². The molecule has 10 nitrogen and oxygen atoms in total. The molecule has 0 saturated heterocycles. The van der Waals surface area contributed by atoms with Crippen LogP contribution in [-0.4, -0.2) is 43.2 Å². The molecule has 0 aliphatic rings. The lowest BCUT2D eigenvalue weighted by Crippen LogP contribution is -2.29. The van der Waals surface area contributed by atoms with E-state index >= 15 is 0 Å². The van der Waals surface area contributed by atoms with Crippen LogP contribution in [0, 0.1) is 0 Å². The van der Waals surface area contributed by atoms with Crippen LogP contribution in [0.2, 0.25) is 0 Å². The Balaban J connectivity index is 1.77. The second-order valence-electron chi connectivity index (χ2n) is 6.38. The number of aromatic nitrogens is 5. The second kappa shape index (κ2) is 8.45. The lowest BCUT2D eigenvalue weighted by Gasteiger charge is -2.09. The third kappa shape index (κ3) is 4.13. The Morgan fingerprint density at radius 1 is 1.10 bits per heavy atom. The van der Waals surface area contributed by atoms with E-state index in [0.717, 1.165) is 11.1 Å². The molecule has 4 aromatic heterocycles. The molecule has 0 bridgehead atoms. The minimum atomic E-state index is -0.699. The number of pyridine rings is 3. The number of fused-ring (bicyclic) bond motifs is 1.